The summed E-state index contributed by atoms with van der Waals surface area (Å²) in [6.07, 6.45) is -5.45. The number of H-pyrrole nitrogens is 1. The second kappa shape index (κ2) is 5.63. The average Bonchev–Trinajstić information content (AvgIpc) is 3.00. The molecular weight excluding hydrogens is 347 g/mol. The molecule has 0 bridgehead atoms. The van der Waals surface area contributed by atoms with E-state index < -0.39 is 43.5 Å². The molecule has 2 aromatic heterocycles. The zero-order valence-corrected chi connectivity index (χ0v) is 12.8. The van der Waals surface area contributed by atoms with Crippen molar-refractivity contribution < 1.29 is 34.4 Å². The van der Waals surface area contributed by atoms with Crippen LogP contribution in [0, 0.1) is 0 Å². The number of nitrogens with one attached hydrogen (secondary N) is 1. The Morgan fingerprint density at radius 2 is 2.04 bits per heavy atom. The van der Waals surface area contributed by atoms with E-state index in [1.54, 1.807) is 0 Å². The van der Waals surface area contributed by atoms with Crippen LogP contribution in [0.1, 0.15) is 6.23 Å². The summed E-state index contributed by atoms with van der Waals surface area (Å²) < 4.78 is 17.5. The summed E-state index contributed by atoms with van der Waals surface area (Å²) in [4.78, 5) is 36.3. The molecule has 5 atom stereocenters. The fourth-order valence-corrected chi connectivity index (χ4v) is 3.26. The fourth-order valence-electron chi connectivity index (χ4n) is 2.63. The van der Waals surface area contributed by atoms with Gasteiger partial charge in [-0.2, -0.15) is 0 Å². The number of pyridine rings is 1. The van der Waals surface area contributed by atoms with Gasteiger partial charge >= 0.3 is 7.60 Å². The molecule has 0 saturated carbocycles. The molecule has 0 spiro atoms. The van der Waals surface area contributed by atoms with Crippen molar-refractivity contribution >= 4 is 24.4 Å². The fraction of sp³-hybridized carbons (Fsp3) is 0.455. The van der Waals surface area contributed by atoms with Crippen molar-refractivity contribution in [1.29, 1.82) is 0 Å². The lowest BCUT2D eigenvalue weighted by Gasteiger charge is -2.21. The van der Waals surface area contributed by atoms with Crippen molar-refractivity contribution in [2.45, 2.75) is 30.4 Å². The standard InChI is InChI=1S/C11H15N4O8P/c12-4-1-3-5(9(18)14-4)15(2-13-3)10-7(17)6(16)8(23-10)11(19)24(20,21)22/h1-2,6-8,10-11,16-17,19H,(H3,12,14,18)(H2,20,21,22)/t6-,7+,8-,10+,11?/m0/s1. The third-order valence-corrected chi connectivity index (χ3v) is 4.76. The minimum atomic E-state index is -4.99. The highest BCUT2D eigenvalue weighted by Crippen LogP contribution is 2.46. The van der Waals surface area contributed by atoms with Crippen molar-refractivity contribution in [2.75, 3.05) is 5.73 Å². The lowest BCUT2D eigenvalue weighted by molar-refractivity contribution is -0.0662. The molecule has 8 N–H and O–H groups in total. The number of aromatic amines is 1. The number of hydrogen-bond acceptors (Lipinski definition) is 8. The summed E-state index contributed by atoms with van der Waals surface area (Å²) in [5.41, 5.74) is 5.04. The first-order valence-electron chi connectivity index (χ1n) is 6.71. The van der Waals surface area contributed by atoms with Crippen LogP contribution in [-0.4, -0.2) is 63.8 Å². The number of anilines is 1. The van der Waals surface area contributed by atoms with Crippen LogP contribution in [0.3, 0.4) is 0 Å². The highest BCUT2D eigenvalue weighted by Gasteiger charge is 2.51. The molecule has 12 nitrogen and oxygen atoms in total. The number of nitrogens with two attached hydrogens (primary N) is 1. The Labute approximate surface area is 133 Å². The average molecular weight is 362 g/mol. The van der Waals surface area contributed by atoms with Crippen LogP contribution in [0.25, 0.3) is 11.0 Å². The topological polar surface area (TPSA) is 204 Å². The molecule has 24 heavy (non-hydrogen) atoms. The number of fused-ring (bicyclic) bond motifs is 1. The molecule has 1 unspecified atom stereocenters. The molecule has 0 aliphatic carbocycles. The third kappa shape index (κ3) is 2.63. The second-order valence-electron chi connectivity index (χ2n) is 5.41. The first kappa shape index (κ1) is 17.0. The number of nitrogens with zero attached hydrogens (tertiary/aromatic N) is 2. The SMILES string of the molecule is Nc1cc2ncn([C@@H]3O[C@H](C(O)P(=O)(O)O)[C@@H](O)[C@H]3O)c2c(=O)[nH]1. The first-order valence-corrected chi connectivity index (χ1v) is 8.39. The molecule has 132 valence electrons. The Morgan fingerprint density at radius 3 is 2.67 bits per heavy atom. The number of ether oxygens (including phenoxy) is 1. The van der Waals surface area contributed by atoms with Crippen LogP contribution in [0.4, 0.5) is 5.82 Å². The number of hydrogen-bond donors (Lipinski definition) is 7. The van der Waals surface area contributed by atoms with Gasteiger partial charge in [-0.15, -0.1) is 0 Å². The number of aromatic nitrogens is 3. The largest absolute Gasteiger partial charge is 0.387 e. The molecule has 0 aromatic carbocycles. The minimum absolute atomic E-state index is 0.0215. The Balaban J connectivity index is 2.02. The van der Waals surface area contributed by atoms with Gasteiger partial charge in [0.1, 0.15) is 29.6 Å². The van der Waals surface area contributed by atoms with Gasteiger partial charge in [0.2, 0.25) is 0 Å². The van der Waals surface area contributed by atoms with Crippen molar-refractivity contribution in [3.63, 3.8) is 0 Å². The van der Waals surface area contributed by atoms with E-state index in [-0.39, 0.29) is 16.9 Å². The predicted octanol–water partition coefficient (Wildman–Crippen LogP) is -2.58. The van der Waals surface area contributed by atoms with E-state index in [2.05, 4.69) is 9.97 Å². The zero-order chi connectivity index (χ0) is 17.8. The molecular formula is C11H15N4O8P. The van der Waals surface area contributed by atoms with Crippen molar-refractivity contribution in [1.82, 2.24) is 14.5 Å². The van der Waals surface area contributed by atoms with E-state index in [0.29, 0.717) is 0 Å². The quantitative estimate of drug-likeness (QED) is 0.284. The summed E-state index contributed by atoms with van der Waals surface area (Å²) in [5.74, 6) is -2.27. The van der Waals surface area contributed by atoms with Gasteiger partial charge in [-0.25, -0.2) is 4.98 Å². The highest BCUT2D eigenvalue weighted by molar-refractivity contribution is 7.52. The molecule has 2 aromatic rings. The van der Waals surface area contributed by atoms with Crippen LogP contribution in [0.15, 0.2) is 17.2 Å². The molecule has 1 aliphatic rings. The van der Waals surface area contributed by atoms with E-state index in [0.717, 1.165) is 10.9 Å². The lowest BCUT2D eigenvalue weighted by Crippen LogP contribution is -2.38. The summed E-state index contributed by atoms with van der Waals surface area (Å²) in [7, 11) is -4.99. The summed E-state index contributed by atoms with van der Waals surface area (Å²) in [5, 5.41) is 29.6. The molecule has 1 aliphatic heterocycles. The van der Waals surface area contributed by atoms with Gasteiger partial charge in [0.25, 0.3) is 5.56 Å². The molecule has 1 fully saturated rings. The summed E-state index contributed by atoms with van der Waals surface area (Å²) >= 11 is 0. The van der Waals surface area contributed by atoms with Crippen LogP contribution >= 0.6 is 7.60 Å². The maximum absolute atomic E-state index is 12.0. The molecule has 1 saturated heterocycles. The Kier molecular flexibility index (Phi) is 4.00. The van der Waals surface area contributed by atoms with Crippen molar-refractivity contribution in [3.8, 4) is 0 Å². The van der Waals surface area contributed by atoms with Crippen molar-refractivity contribution in [2.24, 2.45) is 0 Å². The smallest absolute Gasteiger partial charge is 0.356 e. The Morgan fingerprint density at radius 1 is 1.38 bits per heavy atom. The van der Waals surface area contributed by atoms with Gasteiger partial charge in [0.15, 0.2) is 12.1 Å². The van der Waals surface area contributed by atoms with Crippen molar-refractivity contribution in [3.05, 3.63) is 22.7 Å². The molecule has 0 radical (unpaired) electrons. The van der Waals surface area contributed by atoms with Crippen LogP contribution in [0.2, 0.25) is 0 Å². The third-order valence-electron chi connectivity index (χ3n) is 3.78. The van der Waals surface area contributed by atoms with Gasteiger partial charge < -0.3 is 40.6 Å². The van der Waals surface area contributed by atoms with Gasteiger partial charge in [0, 0.05) is 6.07 Å². The van der Waals surface area contributed by atoms with E-state index in [1.807, 2.05) is 0 Å². The molecule has 3 rings (SSSR count). The van der Waals surface area contributed by atoms with E-state index in [4.69, 9.17) is 20.3 Å². The zero-order valence-electron chi connectivity index (χ0n) is 11.9. The Hall–Kier alpha value is -1.79. The monoisotopic (exact) mass is 362 g/mol. The van der Waals surface area contributed by atoms with Crippen LogP contribution < -0.4 is 11.3 Å². The number of aliphatic hydroxyl groups excluding tert-OH is 3. The summed E-state index contributed by atoms with van der Waals surface area (Å²) in [6.45, 7) is 0. The van der Waals surface area contributed by atoms with Gasteiger partial charge in [-0.1, -0.05) is 0 Å². The van der Waals surface area contributed by atoms with E-state index in [9.17, 15) is 24.7 Å². The lowest BCUT2D eigenvalue weighted by atomic mass is 10.1. The van der Waals surface area contributed by atoms with Gasteiger partial charge in [-0.3, -0.25) is 13.9 Å². The maximum atomic E-state index is 12.0. The van der Waals surface area contributed by atoms with Gasteiger partial charge in [-0.05, 0) is 0 Å². The molecule has 13 heteroatoms. The first-order chi connectivity index (χ1) is 11.1. The predicted molar refractivity (Wildman–Crippen MR) is 78.7 cm³/mol. The number of rotatable bonds is 3. The second-order valence-corrected chi connectivity index (χ2v) is 7.12. The number of aliphatic hydroxyl groups is 3. The van der Waals surface area contributed by atoms with Gasteiger partial charge in [0.05, 0.1) is 11.8 Å². The van der Waals surface area contributed by atoms with E-state index >= 15 is 0 Å². The highest BCUT2D eigenvalue weighted by atomic mass is 31.2. The maximum Gasteiger partial charge on any atom is 0.356 e. The summed E-state index contributed by atoms with van der Waals surface area (Å²) in [6, 6.07) is 1.37. The number of imidazole rings is 1. The van der Waals surface area contributed by atoms with Crippen LogP contribution in [0.5, 0.6) is 0 Å². The van der Waals surface area contributed by atoms with Crippen LogP contribution in [-0.2, 0) is 9.30 Å². The number of nitrogen functional groups attached to an aromatic ring is 1. The Bertz CT molecular complexity index is 875. The molecule has 0 amide bonds. The normalized spacial score (nSPS) is 29.2. The minimum Gasteiger partial charge on any atom is -0.387 e. The molecule has 3 heterocycles. The van der Waals surface area contributed by atoms with E-state index in [1.165, 1.54) is 6.07 Å².